The SMILES string of the molecule is O=C(NC1CCS(=O)(=O)CC1)c1nc2cc(Cl)ccc2s1. The molecule has 0 radical (unpaired) electrons. The Morgan fingerprint density at radius 2 is 2.05 bits per heavy atom. The molecule has 0 bridgehead atoms. The highest BCUT2D eigenvalue weighted by molar-refractivity contribution is 7.91. The van der Waals surface area contributed by atoms with Gasteiger partial charge in [0.2, 0.25) is 0 Å². The molecular weight excluding hydrogens is 332 g/mol. The molecule has 21 heavy (non-hydrogen) atoms. The van der Waals surface area contributed by atoms with Crippen LogP contribution in [0.5, 0.6) is 0 Å². The lowest BCUT2D eigenvalue weighted by molar-refractivity contribution is 0.0934. The number of halogens is 1. The molecule has 112 valence electrons. The van der Waals surface area contributed by atoms with Crippen molar-refractivity contribution >= 4 is 48.9 Å². The van der Waals surface area contributed by atoms with Crippen LogP contribution in [0.15, 0.2) is 18.2 Å². The molecule has 1 aromatic heterocycles. The van der Waals surface area contributed by atoms with Gasteiger partial charge >= 0.3 is 0 Å². The Balaban J connectivity index is 1.72. The van der Waals surface area contributed by atoms with Gasteiger partial charge in [0.25, 0.3) is 5.91 Å². The van der Waals surface area contributed by atoms with E-state index in [0.717, 1.165) is 4.70 Å². The van der Waals surface area contributed by atoms with Gasteiger partial charge in [0.05, 0.1) is 21.7 Å². The first kappa shape index (κ1) is 14.7. The zero-order valence-corrected chi connectivity index (χ0v) is 13.4. The summed E-state index contributed by atoms with van der Waals surface area (Å²) in [6.07, 6.45) is 0.926. The molecule has 2 aromatic rings. The number of carbonyl (C=O) groups is 1. The van der Waals surface area contributed by atoms with Crippen LogP contribution in [-0.2, 0) is 9.84 Å². The second-order valence-corrected chi connectivity index (χ2v) is 8.80. The average Bonchev–Trinajstić information content (AvgIpc) is 2.84. The molecule has 1 saturated heterocycles. The van der Waals surface area contributed by atoms with Crippen LogP contribution in [0, 0.1) is 0 Å². The van der Waals surface area contributed by atoms with Crippen molar-refractivity contribution in [3.05, 3.63) is 28.2 Å². The molecule has 1 amide bonds. The maximum atomic E-state index is 12.2. The molecule has 0 saturated carbocycles. The van der Waals surface area contributed by atoms with Crippen LogP contribution in [0.2, 0.25) is 5.02 Å². The molecule has 0 spiro atoms. The number of aromatic nitrogens is 1. The fraction of sp³-hybridized carbons (Fsp3) is 0.385. The Bertz CT molecular complexity index is 787. The Kier molecular flexibility index (Phi) is 3.90. The summed E-state index contributed by atoms with van der Waals surface area (Å²) >= 11 is 7.20. The van der Waals surface area contributed by atoms with Crippen LogP contribution in [0.3, 0.4) is 0 Å². The molecule has 0 aliphatic carbocycles. The van der Waals surface area contributed by atoms with E-state index in [0.29, 0.717) is 28.4 Å². The number of sulfone groups is 1. The smallest absolute Gasteiger partial charge is 0.280 e. The van der Waals surface area contributed by atoms with Gasteiger partial charge < -0.3 is 5.32 Å². The predicted octanol–water partition coefficient (Wildman–Crippen LogP) is 2.26. The van der Waals surface area contributed by atoms with Crippen molar-refractivity contribution in [3.63, 3.8) is 0 Å². The highest BCUT2D eigenvalue weighted by Gasteiger charge is 2.25. The number of benzene rings is 1. The predicted molar refractivity (Wildman–Crippen MR) is 83.8 cm³/mol. The number of thiazole rings is 1. The molecule has 1 aliphatic rings. The summed E-state index contributed by atoms with van der Waals surface area (Å²) in [4.78, 5) is 16.5. The Labute approximate surface area is 131 Å². The Morgan fingerprint density at radius 1 is 1.33 bits per heavy atom. The van der Waals surface area contributed by atoms with Crippen molar-refractivity contribution in [2.45, 2.75) is 18.9 Å². The third kappa shape index (κ3) is 3.36. The molecule has 1 aliphatic heterocycles. The van der Waals surface area contributed by atoms with E-state index in [4.69, 9.17) is 11.6 Å². The van der Waals surface area contributed by atoms with Crippen LogP contribution in [0.25, 0.3) is 10.2 Å². The summed E-state index contributed by atoms with van der Waals surface area (Å²) in [5, 5.41) is 3.82. The molecule has 0 atom stereocenters. The number of nitrogens with one attached hydrogen (secondary N) is 1. The first-order valence-corrected chi connectivity index (χ1v) is 9.52. The van der Waals surface area contributed by atoms with E-state index in [1.807, 2.05) is 6.07 Å². The zero-order chi connectivity index (χ0) is 15.0. The van der Waals surface area contributed by atoms with E-state index < -0.39 is 9.84 Å². The first-order chi connectivity index (χ1) is 9.93. The van der Waals surface area contributed by atoms with Gasteiger partial charge in [-0.3, -0.25) is 4.79 Å². The third-order valence-corrected chi connectivity index (χ3v) is 6.42. The van der Waals surface area contributed by atoms with Crippen molar-refractivity contribution < 1.29 is 13.2 Å². The second-order valence-electron chi connectivity index (χ2n) is 5.03. The molecule has 8 heteroatoms. The van der Waals surface area contributed by atoms with Crippen LogP contribution in [0.4, 0.5) is 0 Å². The number of carbonyl (C=O) groups excluding carboxylic acids is 1. The molecule has 5 nitrogen and oxygen atoms in total. The second kappa shape index (κ2) is 5.55. The maximum absolute atomic E-state index is 12.2. The van der Waals surface area contributed by atoms with E-state index in [1.165, 1.54) is 11.3 Å². The van der Waals surface area contributed by atoms with Gasteiger partial charge in [-0.05, 0) is 31.0 Å². The van der Waals surface area contributed by atoms with Crippen LogP contribution >= 0.6 is 22.9 Å². The van der Waals surface area contributed by atoms with E-state index in [1.54, 1.807) is 12.1 Å². The standard InChI is InChI=1S/C13H13ClN2O3S2/c14-8-1-2-11-10(7-8)16-13(20-11)12(17)15-9-3-5-21(18,19)6-4-9/h1-2,7,9H,3-6H2,(H,15,17). The average molecular weight is 345 g/mol. The lowest BCUT2D eigenvalue weighted by atomic mass is 10.1. The van der Waals surface area contributed by atoms with Gasteiger partial charge in [0.1, 0.15) is 9.84 Å². The van der Waals surface area contributed by atoms with Crippen molar-refractivity contribution in [1.29, 1.82) is 0 Å². The monoisotopic (exact) mass is 344 g/mol. The fourth-order valence-electron chi connectivity index (χ4n) is 2.28. The van der Waals surface area contributed by atoms with E-state index in [2.05, 4.69) is 10.3 Å². The Hall–Kier alpha value is -1.18. The summed E-state index contributed by atoms with van der Waals surface area (Å²) in [5.41, 5.74) is 0.698. The molecule has 1 N–H and O–H groups in total. The van der Waals surface area contributed by atoms with Crippen molar-refractivity contribution in [2.24, 2.45) is 0 Å². The van der Waals surface area contributed by atoms with Crippen LogP contribution in [-0.4, -0.2) is 36.9 Å². The lowest BCUT2D eigenvalue weighted by Crippen LogP contribution is -2.40. The fourth-order valence-corrected chi connectivity index (χ4v) is 4.79. The van der Waals surface area contributed by atoms with Crippen LogP contribution in [0.1, 0.15) is 22.6 Å². The number of fused-ring (bicyclic) bond motifs is 1. The highest BCUT2D eigenvalue weighted by atomic mass is 35.5. The highest BCUT2D eigenvalue weighted by Crippen LogP contribution is 2.25. The molecule has 1 aromatic carbocycles. The molecule has 3 rings (SSSR count). The summed E-state index contributed by atoms with van der Waals surface area (Å²) in [6, 6.07) is 5.21. The molecule has 2 heterocycles. The number of hydrogen-bond acceptors (Lipinski definition) is 5. The third-order valence-electron chi connectivity index (χ3n) is 3.43. The van der Waals surface area contributed by atoms with Gasteiger partial charge in [-0.2, -0.15) is 0 Å². The topological polar surface area (TPSA) is 76.1 Å². The van der Waals surface area contributed by atoms with E-state index in [9.17, 15) is 13.2 Å². The normalized spacial score (nSPS) is 18.7. The van der Waals surface area contributed by atoms with E-state index in [-0.39, 0.29) is 23.5 Å². The summed E-state index contributed by atoms with van der Waals surface area (Å²) < 4.78 is 23.6. The van der Waals surface area contributed by atoms with Crippen molar-refractivity contribution in [2.75, 3.05) is 11.5 Å². The minimum Gasteiger partial charge on any atom is -0.347 e. The quantitative estimate of drug-likeness (QED) is 0.906. The molecule has 0 unspecified atom stereocenters. The maximum Gasteiger partial charge on any atom is 0.280 e. The number of amides is 1. The molecular formula is C13H13ClN2O3S2. The number of nitrogens with zero attached hydrogens (tertiary/aromatic N) is 1. The van der Waals surface area contributed by atoms with Crippen molar-refractivity contribution in [1.82, 2.24) is 10.3 Å². The minimum absolute atomic E-state index is 0.100. The number of rotatable bonds is 2. The molecule has 1 fully saturated rings. The summed E-state index contributed by atoms with van der Waals surface area (Å²) in [5.74, 6) is 0.0116. The lowest BCUT2D eigenvalue weighted by Gasteiger charge is -2.22. The number of hydrogen-bond donors (Lipinski definition) is 1. The van der Waals surface area contributed by atoms with Gasteiger partial charge in [-0.1, -0.05) is 11.6 Å². The van der Waals surface area contributed by atoms with Gasteiger partial charge in [-0.25, -0.2) is 13.4 Å². The Morgan fingerprint density at radius 3 is 2.76 bits per heavy atom. The van der Waals surface area contributed by atoms with Gasteiger partial charge in [0, 0.05) is 11.1 Å². The van der Waals surface area contributed by atoms with Gasteiger partial charge in [0.15, 0.2) is 5.01 Å². The van der Waals surface area contributed by atoms with Crippen molar-refractivity contribution in [3.8, 4) is 0 Å². The summed E-state index contributed by atoms with van der Waals surface area (Å²) in [7, 11) is -2.92. The van der Waals surface area contributed by atoms with E-state index >= 15 is 0 Å². The van der Waals surface area contributed by atoms with Crippen LogP contribution < -0.4 is 5.32 Å². The first-order valence-electron chi connectivity index (χ1n) is 6.50. The minimum atomic E-state index is -2.92. The largest absolute Gasteiger partial charge is 0.347 e. The summed E-state index contributed by atoms with van der Waals surface area (Å²) in [6.45, 7) is 0. The van der Waals surface area contributed by atoms with Gasteiger partial charge in [-0.15, -0.1) is 11.3 Å². The zero-order valence-electron chi connectivity index (χ0n) is 11.0.